The van der Waals surface area contributed by atoms with Crippen LogP contribution in [0.25, 0.3) is 0 Å². The first-order chi connectivity index (χ1) is 21.5. The monoisotopic (exact) mass is 590 g/mol. The number of anilines is 1. The van der Waals surface area contributed by atoms with Crippen molar-refractivity contribution in [3.8, 4) is 0 Å². The summed E-state index contributed by atoms with van der Waals surface area (Å²) in [5.41, 5.74) is 11.9. The Kier molecular flexibility index (Phi) is 5.94. The molecule has 2 aliphatic heterocycles. The second-order valence-electron chi connectivity index (χ2n) is 17.8. The lowest BCUT2D eigenvalue weighted by Crippen LogP contribution is -2.49. The van der Waals surface area contributed by atoms with Crippen molar-refractivity contribution in [1.29, 1.82) is 0 Å². The first-order valence-electron chi connectivity index (χ1n) is 19.0. The molecule has 3 N–H and O–H groups in total. The molecule has 10 aliphatic rings. The predicted octanol–water partition coefficient (Wildman–Crippen LogP) is 8.52. The van der Waals surface area contributed by atoms with E-state index in [-0.39, 0.29) is 11.5 Å². The largest absolute Gasteiger partial charge is 0.379 e. The van der Waals surface area contributed by atoms with Gasteiger partial charge in [0.15, 0.2) is 0 Å². The molecule has 1 aromatic rings. The molecule has 3 heteroatoms. The average Bonchev–Trinajstić information content (AvgIpc) is 3.48. The van der Waals surface area contributed by atoms with Crippen LogP contribution < -0.4 is 11.1 Å². The van der Waals surface area contributed by atoms with Gasteiger partial charge in [-0.05, 0) is 153 Å². The van der Waals surface area contributed by atoms with Crippen LogP contribution in [0.4, 0.5) is 5.69 Å². The fourth-order valence-corrected chi connectivity index (χ4v) is 15.3. The van der Waals surface area contributed by atoms with Crippen LogP contribution in [-0.2, 0) is 4.79 Å². The second-order valence-corrected chi connectivity index (χ2v) is 17.8. The molecule has 1 spiro atoms. The Hall–Kier alpha value is -1.87. The second kappa shape index (κ2) is 9.58. The van der Waals surface area contributed by atoms with Crippen molar-refractivity contribution in [2.24, 2.45) is 82.2 Å². The maximum atomic E-state index is 12.7. The summed E-state index contributed by atoms with van der Waals surface area (Å²) in [4.78, 5) is 12.7. The Balaban J connectivity index is 0.945. The molecule has 15 atom stereocenters. The molecule has 2 bridgehead atoms. The van der Waals surface area contributed by atoms with Gasteiger partial charge in [0.2, 0.25) is 0 Å². The van der Waals surface area contributed by atoms with Gasteiger partial charge in [-0.25, -0.2) is 0 Å². The molecule has 0 saturated heterocycles. The molecular weight excluding hydrogens is 536 g/mol. The molecule has 3 nitrogen and oxygen atoms in total. The molecule has 2 heterocycles. The van der Waals surface area contributed by atoms with Crippen LogP contribution in [0.15, 0.2) is 48.6 Å². The van der Waals surface area contributed by atoms with Crippen LogP contribution >= 0.6 is 0 Å². The summed E-state index contributed by atoms with van der Waals surface area (Å²) in [6, 6.07) is 8.94. The minimum Gasteiger partial charge on any atom is -0.379 e. The molecule has 0 amide bonds. The zero-order chi connectivity index (χ0) is 29.4. The number of para-hydroxylation sites is 1. The fraction of sp³-hybridized carbons (Fsp3) is 0.732. The molecule has 7 fully saturated rings. The third kappa shape index (κ3) is 3.47. The van der Waals surface area contributed by atoms with Crippen LogP contribution in [0.2, 0.25) is 0 Å². The molecule has 15 unspecified atom stereocenters. The molecule has 11 rings (SSSR count). The Morgan fingerprint density at radius 1 is 0.886 bits per heavy atom. The summed E-state index contributed by atoms with van der Waals surface area (Å²) in [7, 11) is 0. The molecule has 44 heavy (non-hydrogen) atoms. The van der Waals surface area contributed by atoms with E-state index < -0.39 is 0 Å². The Bertz CT molecular complexity index is 1390. The van der Waals surface area contributed by atoms with Gasteiger partial charge in [0.25, 0.3) is 0 Å². The zero-order valence-electron chi connectivity index (χ0n) is 26.7. The average molecular weight is 591 g/mol. The number of aldehydes is 1. The first kappa shape index (κ1) is 27.3. The van der Waals surface area contributed by atoms with Crippen molar-refractivity contribution in [3.05, 3.63) is 54.1 Å². The molecule has 1 aromatic carbocycles. The van der Waals surface area contributed by atoms with E-state index in [0.29, 0.717) is 35.1 Å². The summed E-state index contributed by atoms with van der Waals surface area (Å²) in [6.45, 7) is 4.69. The quantitative estimate of drug-likeness (QED) is 0.273. The number of carbonyl (C=O) groups is 1. The number of fused-ring (bicyclic) bond motifs is 7. The van der Waals surface area contributed by atoms with Crippen LogP contribution in [-0.4, -0.2) is 17.9 Å². The van der Waals surface area contributed by atoms with E-state index in [1.54, 1.807) is 11.1 Å². The van der Waals surface area contributed by atoms with Crippen molar-refractivity contribution in [1.82, 2.24) is 0 Å². The highest BCUT2D eigenvalue weighted by molar-refractivity contribution is 5.62. The lowest BCUT2D eigenvalue weighted by Gasteiger charge is -2.44. The number of nitrogens with two attached hydrogens (primary N) is 1. The zero-order valence-corrected chi connectivity index (χ0v) is 26.7. The minimum absolute atomic E-state index is 0.00646. The highest BCUT2D eigenvalue weighted by Crippen LogP contribution is 2.77. The summed E-state index contributed by atoms with van der Waals surface area (Å²) in [6.07, 6.45) is 25.6. The standard InChI is InChI=1S/C41H54N2O/c1-23-10-13-35-39(34-19-26(18-32(23)34)24-6-2-3-7-24)41(35,38(42)22-44)28-11-12-30-27(17-28)20-36-33(30)21-29-16-25-14-15-40(29,36)43-37-9-5-4-8-31(25)37/h4-5,8-9,11-12,22,24-30,32-36,38-39,43H,1-3,6-7,10,13-21,42H2. The van der Waals surface area contributed by atoms with Crippen LogP contribution in [0.5, 0.6) is 0 Å². The van der Waals surface area contributed by atoms with Crippen LogP contribution in [0.1, 0.15) is 101 Å². The van der Waals surface area contributed by atoms with E-state index in [1.165, 1.54) is 95.4 Å². The van der Waals surface area contributed by atoms with E-state index in [0.717, 1.165) is 53.8 Å². The van der Waals surface area contributed by atoms with Gasteiger partial charge in [0, 0.05) is 16.6 Å². The van der Waals surface area contributed by atoms with Crippen molar-refractivity contribution in [2.75, 3.05) is 5.32 Å². The lowest BCUT2D eigenvalue weighted by atomic mass is 9.65. The molecule has 234 valence electrons. The Morgan fingerprint density at radius 2 is 1.75 bits per heavy atom. The summed E-state index contributed by atoms with van der Waals surface area (Å²) in [5.74, 6) is 9.60. The van der Waals surface area contributed by atoms with Gasteiger partial charge < -0.3 is 15.8 Å². The van der Waals surface area contributed by atoms with Gasteiger partial charge in [-0.2, -0.15) is 0 Å². The van der Waals surface area contributed by atoms with Gasteiger partial charge in [0.05, 0.1) is 6.04 Å². The third-order valence-electron chi connectivity index (χ3n) is 16.8. The Morgan fingerprint density at radius 3 is 2.61 bits per heavy atom. The van der Waals surface area contributed by atoms with E-state index in [4.69, 9.17) is 5.73 Å². The van der Waals surface area contributed by atoms with Gasteiger partial charge in [0.1, 0.15) is 6.29 Å². The van der Waals surface area contributed by atoms with Crippen LogP contribution in [0.3, 0.4) is 0 Å². The smallest absolute Gasteiger partial charge is 0.137 e. The van der Waals surface area contributed by atoms with E-state index in [9.17, 15) is 4.79 Å². The van der Waals surface area contributed by atoms with Gasteiger partial charge in [-0.15, -0.1) is 0 Å². The third-order valence-corrected chi connectivity index (χ3v) is 16.8. The highest BCUT2D eigenvalue weighted by atomic mass is 16.1. The summed E-state index contributed by atoms with van der Waals surface area (Å²) < 4.78 is 0. The number of benzene rings is 1. The van der Waals surface area contributed by atoms with Gasteiger partial charge in [-0.3, -0.25) is 0 Å². The summed E-state index contributed by atoms with van der Waals surface area (Å²) in [5, 5.41) is 4.29. The van der Waals surface area contributed by atoms with Crippen molar-refractivity contribution in [3.63, 3.8) is 0 Å². The fourth-order valence-electron chi connectivity index (χ4n) is 15.3. The number of nitrogens with one attached hydrogen (secondary N) is 1. The molecular formula is C41H54N2O. The van der Waals surface area contributed by atoms with E-state index in [2.05, 4.69) is 48.3 Å². The van der Waals surface area contributed by atoms with Crippen molar-refractivity contribution in [2.45, 2.75) is 107 Å². The normalized spacial score (nSPS) is 52.1. The number of rotatable bonds is 4. The maximum Gasteiger partial charge on any atom is 0.137 e. The number of carbonyl (C=O) groups excluding carboxylic acids is 1. The minimum atomic E-state index is -0.319. The van der Waals surface area contributed by atoms with Gasteiger partial charge in [-0.1, -0.05) is 68.2 Å². The van der Waals surface area contributed by atoms with Crippen molar-refractivity contribution < 1.29 is 4.79 Å². The molecule has 8 aliphatic carbocycles. The first-order valence-corrected chi connectivity index (χ1v) is 19.0. The van der Waals surface area contributed by atoms with E-state index >= 15 is 0 Å². The van der Waals surface area contributed by atoms with Crippen LogP contribution in [0, 0.1) is 76.4 Å². The topological polar surface area (TPSA) is 55.1 Å². The predicted molar refractivity (Wildman–Crippen MR) is 177 cm³/mol. The van der Waals surface area contributed by atoms with Gasteiger partial charge >= 0.3 is 0 Å². The number of hydrogen-bond acceptors (Lipinski definition) is 3. The highest BCUT2D eigenvalue weighted by Gasteiger charge is 2.74. The molecule has 0 radical (unpaired) electrons. The number of allylic oxidation sites excluding steroid dienone is 3. The summed E-state index contributed by atoms with van der Waals surface area (Å²) >= 11 is 0. The molecule has 7 saturated carbocycles. The Labute approximate surface area is 265 Å². The van der Waals surface area contributed by atoms with E-state index in [1.807, 2.05) is 0 Å². The van der Waals surface area contributed by atoms with Crippen molar-refractivity contribution >= 4 is 12.0 Å². The molecule has 0 aromatic heterocycles. The maximum absolute atomic E-state index is 12.7. The number of hydrogen-bond donors (Lipinski definition) is 2. The lowest BCUT2D eigenvalue weighted by molar-refractivity contribution is -0.111. The SMILES string of the molecule is C=C1CCC2C(C3CC(C4CCCC4)CC13)C2(C(N)C=O)C1C=CC2C(CC3C2CC2CC4CCC23Nc2ccccc24)C1.